The van der Waals surface area contributed by atoms with Crippen LogP contribution in [0.5, 0.6) is 0 Å². The Balaban J connectivity index is 1.36. The molecule has 1 atom stereocenters. The van der Waals surface area contributed by atoms with Gasteiger partial charge in [0, 0.05) is 11.6 Å². The molecule has 2 heterocycles. The quantitative estimate of drug-likeness (QED) is 0.749. The average molecular weight is 363 g/mol. The highest BCUT2D eigenvalue weighted by atomic mass is 16.3. The zero-order chi connectivity index (χ0) is 18.8. The molecule has 140 valence electrons. The maximum Gasteiger partial charge on any atom is 0.241 e. The Morgan fingerprint density at radius 3 is 2.59 bits per heavy atom. The molecular weight excluding hydrogens is 338 g/mol. The number of anilines is 1. The summed E-state index contributed by atoms with van der Waals surface area (Å²) in [7, 11) is 0. The van der Waals surface area contributed by atoms with E-state index < -0.39 is 0 Å². The minimum atomic E-state index is -0.158. The minimum Gasteiger partial charge on any atom is -0.440 e. The van der Waals surface area contributed by atoms with Crippen molar-refractivity contribution < 1.29 is 9.21 Å². The van der Waals surface area contributed by atoms with E-state index in [2.05, 4.69) is 15.2 Å². The van der Waals surface area contributed by atoms with Crippen LogP contribution in [0.25, 0.3) is 11.1 Å². The molecule has 1 fully saturated rings. The van der Waals surface area contributed by atoms with Gasteiger partial charge in [0.2, 0.25) is 5.91 Å². The van der Waals surface area contributed by atoms with E-state index in [-0.39, 0.29) is 11.9 Å². The van der Waals surface area contributed by atoms with Crippen LogP contribution in [-0.4, -0.2) is 34.9 Å². The van der Waals surface area contributed by atoms with Gasteiger partial charge in [0.15, 0.2) is 11.5 Å². The number of rotatable bonds is 4. The molecule has 1 saturated heterocycles. The summed E-state index contributed by atoms with van der Waals surface area (Å²) in [6.07, 6.45) is 1.91. The number of hydrogen-bond acceptors (Lipinski definition) is 4. The summed E-state index contributed by atoms with van der Waals surface area (Å²) >= 11 is 0. The summed E-state index contributed by atoms with van der Waals surface area (Å²) in [5, 5.41) is 3.06. The number of benzene rings is 2. The van der Waals surface area contributed by atoms with Gasteiger partial charge in [-0.15, -0.1) is 0 Å². The molecule has 5 heteroatoms. The number of para-hydroxylation sites is 3. The number of nitrogens with one attached hydrogen (secondary N) is 1. The van der Waals surface area contributed by atoms with Crippen molar-refractivity contribution in [2.75, 3.05) is 18.4 Å². The molecule has 1 amide bonds. The number of piperidine rings is 1. The summed E-state index contributed by atoms with van der Waals surface area (Å²) in [4.78, 5) is 19.5. The lowest BCUT2D eigenvalue weighted by Crippen LogP contribution is -2.45. The van der Waals surface area contributed by atoms with Crippen LogP contribution < -0.4 is 5.32 Å². The number of carbonyl (C=O) groups excluding carboxylic acids is 1. The first-order valence-corrected chi connectivity index (χ1v) is 9.58. The first kappa shape index (κ1) is 17.7. The second kappa shape index (κ2) is 7.53. The predicted octanol–water partition coefficient (Wildman–Crippen LogP) is 4.34. The van der Waals surface area contributed by atoms with E-state index in [9.17, 15) is 4.79 Å². The maximum atomic E-state index is 12.6. The van der Waals surface area contributed by atoms with Crippen molar-refractivity contribution in [2.45, 2.75) is 38.6 Å². The standard InChI is InChI=1S/C22H25N3O2/c1-15-7-3-4-8-18(15)23-21(26)16(2)25-13-11-17(12-14-25)22-24-19-9-5-6-10-20(19)27-22/h3-10,16-17H,11-14H2,1-2H3,(H,23,26). The number of nitrogens with zero attached hydrogens (tertiary/aromatic N) is 2. The van der Waals surface area contributed by atoms with Crippen LogP contribution in [0.15, 0.2) is 52.9 Å². The Labute approximate surface area is 159 Å². The minimum absolute atomic E-state index is 0.0459. The van der Waals surface area contributed by atoms with Crippen molar-refractivity contribution >= 4 is 22.7 Å². The molecule has 1 unspecified atom stereocenters. The smallest absolute Gasteiger partial charge is 0.241 e. The van der Waals surface area contributed by atoms with Crippen LogP contribution in [-0.2, 0) is 4.79 Å². The number of hydrogen-bond donors (Lipinski definition) is 1. The molecule has 1 aromatic heterocycles. The Kier molecular flexibility index (Phi) is 4.94. The van der Waals surface area contributed by atoms with Gasteiger partial charge < -0.3 is 9.73 Å². The molecule has 27 heavy (non-hydrogen) atoms. The average Bonchev–Trinajstić information content (AvgIpc) is 3.13. The van der Waals surface area contributed by atoms with Gasteiger partial charge in [0.25, 0.3) is 0 Å². The SMILES string of the molecule is Cc1ccccc1NC(=O)C(C)N1CCC(c2nc3ccccc3o2)CC1. The molecule has 3 aromatic rings. The van der Waals surface area contributed by atoms with Crippen molar-refractivity contribution in [3.63, 3.8) is 0 Å². The lowest BCUT2D eigenvalue weighted by atomic mass is 9.95. The number of carbonyl (C=O) groups is 1. The summed E-state index contributed by atoms with van der Waals surface area (Å²) in [6, 6.07) is 15.6. The van der Waals surface area contributed by atoms with E-state index in [1.165, 1.54) is 0 Å². The molecule has 1 aliphatic rings. The molecule has 1 aliphatic heterocycles. The monoisotopic (exact) mass is 363 g/mol. The van der Waals surface area contributed by atoms with E-state index in [1.807, 2.05) is 62.4 Å². The molecular formula is C22H25N3O2. The summed E-state index contributed by atoms with van der Waals surface area (Å²) < 4.78 is 5.93. The molecule has 0 spiro atoms. The number of fused-ring (bicyclic) bond motifs is 1. The molecule has 0 bridgehead atoms. The van der Waals surface area contributed by atoms with Crippen molar-refractivity contribution in [1.82, 2.24) is 9.88 Å². The van der Waals surface area contributed by atoms with Crippen LogP contribution in [0.3, 0.4) is 0 Å². The van der Waals surface area contributed by atoms with Crippen LogP contribution in [0.2, 0.25) is 0 Å². The lowest BCUT2D eigenvalue weighted by Gasteiger charge is -2.34. The number of aromatic nitrogens is 1. The van der Waals surface area contributed by atoms with E-state index in [1.54, 1.807) is 0 Å². The molecule has 0 saturated carbocycles. The van der Waals surface area contributed by atoms with Gasteiger partial charge in [-0.2, -0.15) is 0 Å². The fourth-order valence-corrected chi connectivity index (χ4v) is 3.71. The van der Waals surface area contributed by atoms with Gasteiger partial charge in [-0.25, -0.2) is 4.98 Å². The van der Waals surface area contributed by atoms with Crippen molar-refractivity contribution in [2.24, 2.45) is 0 Å². The highest BCUT2D eigenvalue weighted by Gasteiger charge is 2.29. The zero-order valence-electron chi connectivity index (χ0n) is 15.8. The van der Waals surface area contributed by atoms with E-state index in [0.29, 0.717) is 5.92 Å². The molecule has 2 aromatic carbocycles. The van der Waals surface area contributed by atoms with Crippen LogP contribution in [0, 0.1) is 6.92 Å². The Morgan fingerprint density at radius 2 is 1.85 bits per heavy atom. The predicted molar refractivity (Wildman–Crippen MR) is 107 cm³/mol. The fourth-order valence-electron chi connectivity index (χ4n) is 3.71. The normalized spacial score (nSPS) is 17.1. The van der Waals surface area contributed by atoms with Crippen molar-refractivity contribution in [3.05, 3.63) is 60.0 Å². The number of amides is 1. The second-order valence-electron chi connectivity index (χ2n) is 7.31. The van der Waals surface area contributed by atoms with Gasteiger partial charge in [0.05, 0.1) is 6.04 Å². The van der Waals surface area contributed by atoms with Gasteiger partial charge >= 0.3 is 0 Å². The molecule has 5 nitrogen and oxygen atoms in total. The summed E-state index contributed by atoms with van der Waals surface area (Å²) in [5.41, 5.74) is 3.73. The third-order valence-corrected chi connectivity index (χ3v) is 5.52. The van der Waals surface area contributed by atoms with Gasteiger partial charge in [0.1, 0.15) is 5.52 Å². The Bertz CT molecular complexity index is 908. The van der Waals surface area contributed by atoms with Gasteiger partial charge in [-0.1, -0.05) is 30.3 Å². The second-order valence-corrected chi connectivity index (χ2v) is 7.31. The van der Waals surface area contributed by atoms with Crippen LogP contribution >= 0.6 is 0 Å². The number of aryl methyl sites for hydroxylation is 1. The third-order valence-electron chi connectivity index (χ3n) is 5.52. The Morgan fingerprint density at radius 1 is 1.15 bits per heavy atom. The summed E-state index contributed by atoms with van der Waals surface area (Å²) in [5.74, 6) is 1.19. The fraction of sp³-hybridized carbons (Fsp3) is 0.364. The molecule has 4 rings (SSSR count). The molecule has 0 aliphatic carbocycles. The first-order chi connectivity index (χ1) is 13.1. The number of likely N-dealkylation sites (tertiary alicyclic amines) is 1. The zero-order valence-corrected chi connectivity index (χ0v) is 15.8. The van der Waals surface area contributed by atoms with E-state index >= 15 is 0 Å². The topological polar surface area (TPSA) is 58.4 Å². The maximum absolute atomic E-state index is 12.6. The van der Waals surface area contributed by atoms with Gasteiger partial charge in [-0.3, -0.25) is 9.69 Å². The van der Waals surface area contributed by atoms with Crippen LogP contribution in [0.4, 0.5) is 5.69 Å². The third kappa shape index (κ3) is 3.74. The summed E-state index contributed by atoms with van der Waals surface area (Å²) in [6.45, 7) is 5.72. The largest absolute Gasteiger partial charge is 0.440 e. The van der Waals surface area contributed by atoms with E-state index in [0.717, 1.165) is 54.2 Å². The van der Waals surface area contributed by atoms with E-state index in [4.69, 9.17) is 4.42 Å². The highest BCUT2D eigenvalue weighted by molar-refractivity contribution is 5.95. The number of oxazole rings is 1. The highest BCUT2D eigenvalue weighted by Crippen LogP contribution is 2.30. The van der Waals surface area contributed by atoms with Gasteiger partial charge in [-0.05, 0) is 63.5 Å². The molecule has 1 N–H and O–H groups in total. The lowest BCUT2D eigenvalue weighted by molar-refractivity contribution is -0.121. The first-order valence-electron chi connectivity index (χ1n) is 9.58. The van der Waals surface area contributed by atoms with Crippen molar-refractivity contribution in [3.8, 4) is 0 Å². The Hall–Kier alpha value is -2.66. The van der Waals surface area contributed by atoms with Crippen LogP contribution in [0.1, 0.15) is 37.1 Å². The van der Waals surface area contributed by atoms with Crippen molar-refractivity contribution in [1.29, 1.82) is 0 Å². The molecule has 0 radical (unpaired) electrons.